The van der Waals surface area contributed by atoms with Gasteiger partial charge in [-0.2, -0.15) is 0 Å². The number of benzene rings is 2. The summed E-state index contributed by atoms with van der Waals surface area (Å²) >= 11 is 7.68. The summed E-state index contributed by atoms with van der Waals surface area (Å²) in [5.74, 6) is -0.0799. The van der Waals surface area contributed by atoms with Crippen LogP contribution in [0.25, 0.3) is 10.2 Å². The van der Waals surface area contributed by atoms with Crippen LogP contribution in [0, 0.1) is 6.92 Å². The van der Waals surface area contributed by atoms with Crippen molar-refractivity contribution in [1.82, 2.24) is 4.98 Å². The van der Waals surface area contributed by atoms with Gasteiger partial charge in [0.2, 0.25) is 5.91 Å². The van der Waals surface area contributed by atoms with Crippen LogP contribution in [-0.2, 0) is 11.2 Å². The number of carbonyl (C=O) groups is 1. The molecular formula is C16H13ClN2OS. The van der Waals surface area contributed by atoms with E-state index in [1.807, 2.05) is 43.3 Å². The van der Waals surface area contributed by atoms with Crippen molar-refractivity contribution in [2.75, 3.05) is 5.32 Å². The number of anilines is 1. The summed E-state index contributed by atoms with van der Waals surface area (Å²) in [6, 6.07) is 13.1. The minimum Gasteiger partial charge on any atom is -0.326 e. The van der Waals surface area contributed by atoms with Crippen LogP contribution < -0.4 is 5.32 Å². The molecule has 21 heavy (non-hydrogen) atoms. The van der Waals surface area contributed by atoms with Gasteiger partial charge in [-0.15, -0.1) is 11.3 Å². The lowest BCUT2D eigenvalue weighted by Gasteiger charge is -2.06. The minimum atomic E-state index is -0.0799. The standard InChI is InChI=1S/C16H13ClN2OS/c1-10-18-14-7-6-12(9-15(14)21-10)19-16(20)8-11-4-2-3-5-13(11)17/h2-7,9H,8H2,1H3,(H,19,20). The molecule has 0 radical (unpaired) electrons. The molecule has 1 N–H and O–H groups in total. The van der Waals surface area contributed by atoms with Crippen molar-refractivity contribution >= 4 is 44.7 Å². The fraction of sp³-hybridized carbons (Fsp3) is 0.125. The molecule has 1 aromatic heterocycles. The van der Waals surface area contributed by atoms with Crippen molar-refractivity contribution in [1.29, 1.82) is 0 Å². The normalized spacial score (nSPS) is 10.8. The Labute approximate surface area is 131 Å². The predicted molar refractivity (Wildman–Crippen MR) is 88.1 cm³/mol. The number of aryl methyl sites for hydroxylation is 1. The van der Waals surface area contributed by atoms with E-state index in [1.54, 1.807) is 17.4 Å². The average molecular weight is 317 g/mol. The Morgan fingerprint density at radius 1 is 1.29 bits per heavy atom. The van der Waals surface area contributed by atoms with E-state index in [4.69, 9.17) is 11.6 Å². The van der Waals surface area contributed by atoms with Gasteiger partial charge in [-0.1, -0.05) is 29.8 Å². The van der Waals surface area contributed by atoms with Crippen LogP contribution in [0.15, 0.2) is 42.5 Å². The maximum atomic E-state index is 12.1. The Morgan fingerprint density at radius 3 is 2.90 bits per heavy atom. The Hall–Kier alpha value is -1.91. The van der Waals surface area contributed by atoms with Crippen molar-refractivity contribution in [2.45, 2.75) is 13.3 Å². The highest BCUT2D eigenvalue weighted by Gasteiger charge is 2.08. The van der Waals surface area contributed by atoms with E-state index in [0.717, 1.165) is 26.5 Å². The van der Waals surface area contributed by atoms with E-state index in [2.05, 4.69) is 10.3 Å². The molecular weight excluding hydrogens is 304 g/mol. The zero-order valence-electron chi connectivity index (χ0n) is 11.4. The van der Waals surface area contributed by atoms with E-state index in [9.17, 15) is 4.79 Å². The molecule has 1 amide bonds. The summed E-state index contributed by atoms with van der Waals surface area (Å²) < 4.78 is 1.07. The number of amides is 1. The first-order valence-corrected chi connectivity index (χ1v) is 7.72. The number of nitrogens with one attached hydrogen (secondary N) is 1. The highest BCUT2D eigenvalue weighted by Crippen LogP contribution is 2.25. The fourth-order valence-electron chi connectivity index (χ4n) is 2.14. The molecule has 3 aromatic rings. The SMILES string of the molecule is Cc1nc2ccc(NC(=O)Cc3ccccc3Cl)cc2s1. The van der Waals surface area contributed by atoms with Gasteiger partial charge in [0.1, 0.15) is 0 Å². The van der Waals surface area contributed by atoms with Crippen molar-refractivity contribution in [3.63, 3.8) is 0 Å². The summed E-state index contributed by atoms with van der Waals surface area (Å²) in [5, 5.41) is 4.53. The largest absolute Gasteiger partial charge is 0.326 e. The lowest BCUT2D eigenvalue weighted by molar-refractivity contribution is -0.115. The van der Waals surface area contributed by atoms with Crippen molar-refractivity contribution in [2.24, 2.45) is 0 Å². The molecule has 0 bridgehead atoms. The Bertz CT molecular complexity index is 813. The Morgan fingerprint density at radius 2 is 2.10 bits per heavy atom. The highest BCUT2D eigenvalue weighted by atomic mass is 35.5. The summed E-state index contributed by atoms with van der Waals surface area (Å²) in [6.07, 6.45) is 0.263. The third-order valence-corrected chi connectivity index (χ3v) is 4.39. The van der Waals surface area contributed by atoms with Crippen LogP contribution >= 0.6 is 22.9 Å². The predicted octanol–water partition coefficient (Wildman–Crippen LogP) is 4.44. The third-order valence-electron chi connectivity index (χ3n) is 3.09. The van der Waals surface area contributed by atoms with E-state index in [-0.39, 0.29) is 12.3 Å². The van der Waals surface area contributed by atoms with E-state index in [1.165, 1.54) is 0 Å². The van der Waals surface area contributed by atoms with Gasteiger partial charge in [0.15, 0.2) is 0 Å². The molecule has 0 fully saturated rings. The first-order valence-electron chi connectivity index (χ1n) is 6.52. The van der Waals surface area contributed by atoms with Crippen LogP contribution in [-0.4, -0.2) is 10.9 Å². The van der Waals surface area contributed by atoms with Crippen LogP contribution in [0.2, 0.25) is 5.02 Å². The fourth-order valence-corrected chi connectivity index (χ4v) is 3.21. The molecule has 0 saturated heterocycles. The lowest BCUT2D eigenvalue weighted by Crippen LogP contribution is -2.14. The van der Waals surface area contributed by atoms with Crippen molar-refractivity contribution in [3.05, 3.63) is 58.1 Å². The van der Waals surface area contributed by atoms with E-state index >= 15 is 0 Å². The van der Waals surface area contributed by atoms with Gasteiger partial charge < -0.3 is 5.32 Å². The summed E-state index contributed by atoms with van der Waals surface area (Å²) in [7, 11) is 0. The molecule has 0 unspecified atom stereocenters. The average Bonchev–Trinajstić information content (AvgIpc) is 2.80. The van der Waals surface area contributed by atoms with Crippen molar-refractivity contribution in [3.8, 4) is 0 Å². The van der Waals surface area contributed by atoms with Gasteiger partial charge in [-0.05, 0) is 36.8 Å². The smallest absolute Gasteiger partial charge is 0.228 e. The molecule has 1 heterocycles. The quantitative estimate of drug-likeness (QED) is 0.776. The van der Waals surface area contributed by atoms with Crippen LogP contribution in [0.4, 0.5) is 5.69 Å². The first kappa shape index (κ1) is 14.0. The third kappa shape index (κ3) is 3.23. The molecule has 0 saturated carbocycles. The number of rotatable bonds is 3. The summed E-state index contributed by atoms with van der Waals surface area (Å²) in [5.41, 5.74) is 2.57. The van der Waals surface area contributed by atoms with Gasteiger partial charge in [0.05, 0.1) is 21.6 Å². The van der Waals surface area contributed by atoms with Crippen LogP contribution in [0.3, 0.4) is 0 Å². The van der Waals surface area contributed by atoms with Gasteiger partial charge in [0, 0.05) is 10.7 Å². The molecule has 2 aromatic carbocycles. The molecule has 106 valence electrons. The Kier molecular flexibility index (Phi) is 3.90. The zero-order chi connectivity index (χ0) is 14.8. The van der Waals surface area contributed by atoms with Crippen molar-refractivity contribution < 1.29 is 4.79 Å². The minimum absolute atomic E-state index is 0.0799. The lowest BCUT2D eigenvalue weighted by atomic mass is 10.1. The molecule has 0 spiro atoms. The van der Waals surface area contributed by atoms with Gasteiger partial charge in [-0.3, -0.25) is 4.79 Å². The second-order valence-corrected chi connectivity index (χ2v) is 6.37. The molecule has 5 heteroatoms. The Balaban J connectivity index is 1.75. The molecule has 0 aliphatic heterocycles. The number of nitrogens with zero attached hydrogens (tertiary/aromatic N) is 1. The molecule has 0 atom stereocenters. The number of aromatic nitrogens is 1. The molecule has 0 aliphatic rings. The molecule has 3 nitrogen and oxygen atoms in total. The monoisotopic (exact) mass is 316 g/mol. The highest BCUT2D eigenvalue weighted by molar-refractivity contribution is 7.18. The maximum Gasteiger partial charge on any atom is 0.228 e. The number of hydrogen-bond donors (Lipinski definition) is 1. The second kappa shape index (κ2) is 5.84. The van der Waals surface area contributed by atoms with E-state index < -0.39 is 0 Å². The number of hydrogen-bond acceptors (Lipinski definition) is 3. The number of carbonyl (C=O) groups excluding carboxylic acids is 1. The van der Waals surface area contributed by atoms with Gasteiger partial charge in [0.25, 0.3) is 0 Å². The number of fused-ring (bicyclic) bond motifs is 1. The molecule has 0 aliphatic carbocycles. The number of halogens is 1. The topological polar surface area (TPSA) is 42.0 Å². The molecule has 3 rings (SSSR count). The van der Waals surface area contributed by atoms with Crippen LogP contribution in [0.1, 0.15) is 10.6 Å². The van der Waals surface area contributed by atoms with Gasteiger partial charge >= 0.3 is 0 Å². The summed E-state index contributed by atoms with van der Waals surface area (Å²) in [6.45, 7) is 1.97. The van der Waals surface area contributed by atoms with E-state index in [0.29, 0.717) is 5.02 Å². The van der Waals surface area contributed by atoms with Gasteiger partial charge in [-0.25, -0.2) is 4.98 Å². The number of thiazole rings is 1. The maximum absolute atomic E-state index is 12.1. The first-order chi connectivity index (χ1) is 10.1. The second-order valence-electron chi connectivity index (χ2n) is 4.73. The van der Waals surface area contributed by atoms with Crippen LogP contribution in [0.5, 0.6) is 0 Å². The zero-order valence-corrected chi connectivity index (χ0v) is 13.0. The summed E-state index contributed by atoms with van der Waals surface area (Å²) in [4.78, 5) is 16.5.